The van der Waals surface area contributed by atoms with Crippen molar-refractivity contribution in [3.8, 4) is 0 Å². The summed E-state index contributed by atoms with van der Waals surface area (Å²) in [5.41, 5.74) is 0. The van der Waals surface area contributed by atoms with Crippen molar-refractivity contribution < 1.29 is 8.85 Å². The number of hydrogen-bond donors (Lipinski definition) is 0. The summed E-state index contributed by atoms with van der Waals surface area (Å²) in [6.45, 7) is 6.18. The van der Waals surface area contributed by atoms with E-state index in [1.165, 1.54) is 36.4 Å². The molecule has 0 amide bonds. The lowest BCUT2D eigenvalue weighted by Crippen LogP contribution is -1.99. The van der Waals surface area contributed by atoms with E-state index in [0.717, 1.165) is 26.1 Å². The van der Waals surface area contributed by atoms with Crippen LogP contribution in [0.1, 0.15) is 39.5 Å². The molecule has 0 aromatic heterocycles. The summed E-state index contributed by atoms with van der Waals surface area (Å²) in [7, 11) is 5.45. The Bertz CT molecular complexity index is 138. The molecule has 0 bridgehead atoms. The molecule has 2 nitrogen and oxygen atoms in total. The van der Waals surface area contributed by atoms with Gasteiger partial charge in [-0.15, -0.1) is 0 Å². The van der Waals surface area contributed by atoms with Crippen LogP contribution in [0.3, 0.4) is 0 Å². The standard InChI is InChI=1S/C12H26O2S2Si2/c1-3-7-13-17-11-5-9-15-16-10-6-12-18-14-8-4-2/h3-12H2,1-2H3. The fourth-order valence-electron chi connectivity index (χ4n) is 1.02. The Morgan fingerprint density at radius 2 is 1.22 bits per heavy atom. The van der Waals surface area contributed by atoms with Gasteiger partial charge in [0, 0.05) is 24.7 Å². The van der Waals surface area contributed by atoms with Crippen molar-refractivity contribution in [3.63, 3.8) is 0 Å². The summed E-state index contributed by atoms with van der Waals surface area (Å²) in [6.07, 6.45) is 4.86. The minimum absolute atomic E-state index is 0.713. The van der Waals surface area contributed by atoms with Crippen LogP contribution < -0.4 is 0 Å². The van der Waals surface area contributed by atoms with Crippen LogP contribution in [-0.4, -0.2) is 44.2 Å². The van der Waals surface area contributed by atoms with E-state index in [9.17, 15) is 0 Å². The molecular formula is C12H26O2S2Si2. The topological polar surface area (TPSA) is 18.5 Å². The van der Waals surface area contributed by atoms with Crippen LogP contribution in [0.2, 0.25) is 12.1 Å². The van der Waals surface area contributed by atoms with Gasteiger partial charge in [-0.05, 0) is 37.8 Å². The van der Waals surface area contributed by atoms with Crippen molar-refractivity contribution in [2.75, 3.05) is 24.7 Å². The van der Waals surface area contributed by atoms with Gasteiger partial charge in [0.15, 0.2) is 0 Å². The molecule has 0 aliphatic heterocycles. The quantitative estimate of drug-likeness (QED) is 0.257. The molecule has 0 rings (SSSR count). The Kier molecular flexibility index (Phi) is 19.1. The molecular weight excluding hydrogens is 296 g/mol. The SMILES string of the molecule is CCCO[Si]CCCSSCCC[Si]OCCC. The molecule has 0 spiro atoms. The van der Waals surface area contributed by atoms with Gasteiger partial charge in [-0.25, -0.2) is 0 Å². The van der Waals surface area contributed by atoms with Crippen LogP contribution in [0.4, 0.5) is 0 Å². The fraction of sp³-hybridized carbons (Fsp3) is 1.00. The van der Waals surface area contributed by atoms with E-state index in [0.29, 0.717) is 19.5 Å². The third kappa shape index (κ3) is 17.1. The Morgan fingerprint density at radius 1 is 0.778 bits per heavy atom. The molecule has 4 radical (unpaired) electrons. The molecule has 6 heteroatoms. The Morgan fingerprint density at radius 3 is 1.61 bits per heavy atom. The van der Waals surface area contributed by atoms with Crippen molar-refractivity contribution in [2.45, 2.75) is 51.6 Å². The average molecular weight is 323 g/mol. The highest BCUT2D eigenvalue weighted by molar-refractivity contribution is 8.76. The highest BCUT2D eigenvalue weighted by Gasteiger charge is 1.96. The van der Waals surface area contributed by atoms with Crippen LogP contribution in [0.5, 0.6) is 0 Å². The molecule has 0 N–H and O–H groups in total. The van der Waals surface area contributed by atoms with Crippen LogP contribution in [0.15, 0.2) is 0 Å². The maximum Gasteiger partial charge on any atom is 0.229 e. The number of hydrogen-bond acceptors (Lipinski definition) is 4. The summed E-state index contributed by atoms with van der Waals surface area (Å²) in [5, 5.41) is 0. The highest BCUT2D eigenvalue weighted by atomic mass is 33.1. The van der Waals surface area contributed by atoms with E-state index in [4.69, 9.17) is 8.85 Å². The monoisotopic (exact) mass is 322 g/mol. The zero-order valence-electron chi connectivity index (χ0n) is 11.7. The first-order chi connectivity index (χ1) is 8.91. The average Bonchev–Trinajstić information content (AvgIpc) is 2.39. The van der Waals surface area contributed by atoms with Crippen molar-refractivity contribution in [3.05, 3.63) is 0 Å². The summed E-state index contributed by atoms with van der Waals surface area (Å²) < 4.78 is 10.9. The maximum absolute atomic E-state index is 5.47. The third-order valence-electron chi connectivity index (χ3n) is 1.91. The van der Waals surface area contributed by atoms with Gasteiger partial charge < -0.3 is 8.85 Å². The first kappa shape index (κ1) is 19.1. The molecule has 0 unspecified atom stereocenters. The second-order valence-electron chi connectivity index (χ2n) is 3.84. The van der Waals surface area contributed by atoms with E-state index < -0.39 is 0 Å². The van der Waals surface area contributed by atoms with Gasteiger partial charge in [0.25, 0.3) is 0 Å². The number of rotatable bonds is 15. The lowest BCUT2D eigenvalue weighted by Gasteiger charge is -2.02. The molecule has 0 saturated carbocycles. The molecule has 0 atom stereocenters. The lowest BCUT2D eigenvalue weighted by atomic mass is 10.5. The van der Waals surface area contributed by atoms with E-state index in [1.807, 2.05) is 21.6 Å². The van der Waals surface area contributed by atoms with Crippen molar-refractivity contribution in [1.29, 1.82) is 0 Å². The fourth-order valence-corrected chi connectivity index (χ4v) is 5.33. The Labute approximate surface area is 126 Å². The molecule has 0 heterocycles. The smallest absolute Gasteiger partial charge is 0.229 e. The zero-order valence-corrected chi connectivity index (χ0v) is 15.3. The van der Waals surface area contributed by atoms with Crippen LogP contribution >= 0.6 is 21.6 Å². The van der Waals surface area contributed by atoms with Crippen molar-refractivity contribution >= 4 is 41.1 Å². The van der Waals surface area contributed by atoms with Gasteiger partial charge in [0.2, 0.25) is 19.5 Å². The minimum atomic E-state index is 0.713. The van der Waals surface area contributed by atoms with E-state index in [2.05, 4.69) is 13.8 Å². The molecule has 18 heavy (non-hydrogen) atoms. The van der Waals surface area contributed by atoms with Gasteiger partial charge in [-0.3, -0.25) is 0 Å². The van der Waals surface area contributed by atoms with E-state index >= 15 is 0 Å². The molecule has 0 fully saturated rings. The second kappa shape index (κ2) is 18.1. The Balaban J connectivity index is 2.86. The largest absolute Gasteiger partial charge is 0.417 e. The van der Waals surface area contributed by atoms with Gasteiger partial charge in [0.1, 0.15) is 0 Å². The van der Waals surface area contributed by atoms with Gasteiger partial charge in [-0.2, -0.15) is 0 Å². The molecule has 0 aliphatic rings. The second-order valence-corrected chi connectivity index (χ2v) is 8.69. The Hall–Kier alpha value is 1.05. The highest BCUT2D eigenvalue weighted by Crippen LogP contribution is 2.23. The molecule has 0 aromatic rings. The first-order valence-corrected chi connectivity index (χ1v) is 11.6. The molecule has 106 valence electrons. The predicted molar refractivity (Wildman–Crippen MR) is 87.8 cm³/mol. The van der Waals surface area contributed by atoms with Crippen LogP contribution in [0, 0.1) is 0 Å². The summed E-state index contributed by atoms with van der Waals surface area (Å²) in [6, 6.07) is 2.47. The van der Waals surface area contributed by atoms with Gasteiger partial charge >= 0.3 is 0 Å². The summed E-state index contributed by atoms with van der Waals surface area (Å²) >= 11 is 0. The van der Waals surface area contributed by atoms with E-state index in [1.54, 1.807) is 0 Å². The summed E-state index contributed by atoms with van der Waals surface area (Å²) in [5.74, 6) is 2.53. The van der Waals surface area contributed by atoms with Crippen LogP contribution in [-0.2, 0) is 8.85 Å². The van der Waals surface area contributed by atoms with Crippen LogP contribution in [0.25, 0.3) is 0 Å². The van der Waals surface area contributed by atoms with Crippen molar-refractivity contribution in [2.24, 2.45) is 0 Å². The zero-order chi connectivity index (χ0) is 13.3. The third-order valence-corrected chi connectivity index (χ3v) is 6.42. The first-order valence-electron chi connectivity index (χ1n) is 6.85. The normalized spacial score (nSPS) is 11.0. The maximum atomic E-state index is 5.47. The van der Waals surface area contributed by atoms with Gasteiger partial charge in [-0.1, -0.05) is 35.4 Å². The molecule has 0 aliphatic carbocycles. The molecule has 0 aromatic carbocycles. The lowest BCUT2D eigenvalue weighted by molar-refractivity contribution is 0.334. The minimum Gasteiger partial charge on any atom is -0.417 e. The van der Waals surface area contributed by atoms with Crippen molar-refractivity contribution in [1.82, 2.24) is 0 Å². The summed E-state index contributed by atoms with van der Waals surface area (Å²) in [4.78, 5) is 0. The predicted octanol–water partition coefficient (Wildman–Crippen LogP) is 4.08. The van der Waals surface area contributed by atoms with E-state index in [-0.39, 0.29) is 0 Å². The van der Waals surface area contributed by atoms with Gasteiger partial charge in [0.05, 0.1) is 0 Å². The molecule has 0 saturated heterocycles.